The topological polar surface area (TPSA) is 8.81 Å². The lowest BCUT2D eigenvalue weighted by molar-refractivity contribution is -0.704. The van der Waals surface area contributed by atoms with Gasteiger partial charge < -0.3 is 0 Å². The van der Waals surface area contributed by atoms with Crippen LogP contribution in [0.4, 0.5) is 0 Å². The van der Waals surface area contributed by atoms with E-state index in [0.29, 0.717) is 0 Å². The summed E-state index contributed by atoms with van der Waals surface area (Å²) >= 11 is 0. The average molecular weight is 223 g/mol. The van der Waals surface area contributed by atoms with E-state index in [1.165, 1.54) is 50.9 Å². The van der Waals surface area contributed by atoms with E-state index in [0.717, 1.165) is 6.54 Å². The molecule has 0 bridgehead atoms. The molecule has 0 aliphatic carbocycles. The fraction of sp³-hybridized carbons (Fsp3) is 0.786. The van der Waals surface area contributed by atoms with Gasteiger partial charge in [-0.3, -0.25) is 0 Å². The smallest absolute Gasteiger partial charge is 0.235 e. The van der Waals surface area contributed by atoms with Gasteiger partial charge in [-0.15, -0.1) is 0 Å². The number of aryl methyl sites for hydroxylation is 2. The second-order valence-electron chi connectivity index (χ2n) is 4.50. The fourth-order valence-corrected chi connectivity index (χ4v) is 2.14. The molecule has 0 aliphatic rings. The molecule has 0 saturated carbocycles. The average Bonchev–Trinajstić information content (AvgIpc) is 2.69. The molecule has 0 aromatic carbocycles. The van der Waals surface area contributed by atoms with Crippen LogP contribution in [0.25, 0.3) is 0 Å². The Hall–Kier alpha value is -0.790. The molecule has 0 atom stereocenters. The first-order valence-electron chi connectivity index (χ1n) is 6.90. The molecule has 2 heteroatoms. The highest BCUT2D eigenvalue weighted by Crippen LogP contribution is 2.03. The predicted molar refractivity (Wildman–Crippen MR) is 68.4 cm³/mol. The number of rotatable bonds is 8. The van der Waals surface area contributed by atoms with Gasteiger partial charge in [-0.2, -0.15) is 0 Å². The van der Waals surface area contributed by atoms with E-state index in [1.807, 2.05) is 0 Å². The van der Waals surface area contributed by atoms with E-state index >= 15 is 0 Å². The summed E-state index contributed by atoms with van der Waals surface area (Å²) in [5, 5.41) is 0. The molecular weight excluding hydrogens is 196 g/mol. The minimum Gasteiger partial charge on any atom is -0.235 e. The SMILES string of the molecule is CCCCC[n+]1ccn(CC)c1CCCC. The van der Waals surface area contributed by atoms with Crippen molar-refractivity contribution in [3.63, 3.8) is 0 Å². The van der Waals surface area contributed by atoms with Gasteiger partial charge in [0.2, 0.25) is 0 Å². The Morgan fingerprint density at radius 1 is 1.06 bits per heavy atom. The largest absolute Gasteiger partial charge is 0.256 e. The van der Waals surface area contributed by atoms with Crippen molar-refractivity contribution < 1.29 is 4.57 Å². The Labute approximate surface area is 100 Å². The summed E-state index contributed by atoms with van der Waals surface area (Å²) in [6, 6.07) is 0. The van der Waals surface area contributed by atoms with Crippen LogP contribution in [-0.2, 0) is 19.5 Å². The Bertz CT molecular complexity index is 289. The van der Waals surface area contributed by atoms with Crippen LogP contribution in [0, 0.1) is 0 Å². The van der Waals surface area contributed by atoms with E-state index < -0.39 is 0 Å². The minimum absolute atomic E-state index is 1.10. The van der Waals surface area contributed by atoms with Crippen LogP contribution in [0.15, 0.2) is 12.4 Å². The normalized spacial score (nSPS) is 10.9. The summed E-state index contributed by atoms with van der Waals surface area (Å²) in [7, 11) is 0. The van der Waals surface area contributed by atoms with E-state index in [1.54, 1.807) is 0 Å². The zero-order valence-electron chi connectivity index (χ0n) is 11.2. The van der Waals surface area contributed by atoms with Crippen LogP contribution in [0.3, 0.4) is 0 Å². The molecule has 92 valence electrons. The molecule has 1 rings (SSSR count). The lowest BCUT2D eigenvalue weighted by Gasteiger charge is -2.03. The van der Waals surface area contributed by atoms with Crippen LogP contribution in [0.1, 0.15) is 58.7 Å². The van der Waals surface area contributed by atoms with Gasteiger partial charge in [0.1, 0.15) is 12.4 Å². The molecule has 1 aromatic heterocycles. The standard InChI is InChI=1S/C14H27N2/c1-4-7-9-11-16-13-12-15(6-3)14(16)10-8-5-2/h12-13H,4-11H2,1-3H3/q+1. The van der Waals surface area contributed by atoms with Gasteiger partial charge in [-0.25, -0.2) is 9.13 Å². The highest BCUT2D eigenvalue weighted by molar-refractivity contribution is 4.83. The number of nitrogens with zero attached hydrogens (tertiary/aromatic N) is 2. The van der Waals surface area contributed by atoms with Crippen molar-refractivity contribution in [2.24, 2.45) is 0 Å². The van der Waals surface area contributed by atoms with Crippen molar-refractivity contribution in [2.75, 3.05) is 0 Å². The minimum atomic E-state index is 1.10. The molecule has 16 heavy (non-hydrogen) atoms. The first-order valence-corrected chi connectivity index (χ1v) is 6.90. The van der Waals surface area contributed by atoms with Gasteiger partial charge >= 0.3 is 0 Å². The maximum absolute atomic E-state index is 2.45. The fourth-order valence-electron chi connectivity index (χ4n) is 2.14. The Kier molecular flexibility index (Phi) is 6.20. The van der Waals surface area contributed by atoms with Gasteiger partial charge in [-0.1, -0.05) is 26.7 Å². The van der Waals surface area contributed by atoms with Crippen LogP contribution < -0.4 is 4.57 Å². The molecule has 1 aromatic rings. The zero-order chi connectivity index (χ0) is 11.8. The number of aromatic nitrogens is 2. The van der Waals surface area contributed by atoms with Gasteiger partial charge in [0.25, 0.3) is 5.82 Å². The number of imidazole rings is 1. The Morgan fingerprint density at radius 3 is 2.44 bits per heavy atom. The second-order valence-corrected chi connectivity index (χ2v) is 4.50. The van der Waals surface area contributed by atoms with Crippen molar-refractivity contribution in [1.29, 1.82) is 0 Å². The van der Waals surface area contributed by atoms with E-state index in [9.17, 15) is 0 Å². The summed E-state index contributed by atoms with van der Waals surface area (Å²) in [6.45, 7) is 9.05. The van der Waals surface area contributed by atoms with Crippen LogP contribution in [-0.4, -0.2) is 4.57 Å². The molecule has 0 fully saturated rings. The zero-order valence-corrected chi connectivity index (χ0v) is 11.2. The maximum Gasteiger partial charge on any atom is 0.256 e. The summed E-state index contributed by atoms with van der Waals surface area (Å²) in [4.78, 5) is 0. The Balaban J connectivity index is 2.62. The molecule has 0 unspecified atom stereocenters. The van der Waals surface area contributed by atoms with E-state index in [2.05, 4.69) is 42.3 Å². The lowest BCUT2D eigenvalue weighted by atomic mass is 10.2. The molecule has 0 aliphatic heterocycles. The number of hydrogen-bond donors (Lipinski definition) is 0. The monoisotopic (exact) mass is 223 g/mol. The number of hydrogen-bond acceptors (Lipinski definition) is 0. The van der Waals surface area contributed by atoms with E-state index in [-0.39, 0.29) is 0 Å². The van der Waals surface area contributed by atoms with Crippen molar-refractivity contribution >= 4 is 0 Å². The molecule has 0 spiro atoms. The highest BCUT2D eigenvalue weighted by Gasteiger charge is 2.14. The van der Waals surface area contributed by atoms with Crippen molar-refractivity contribution in [3.05, 3.63) is 18.2 Å². The van der Waals surface area contributed by atoms with Gasteiger partial charge in [0.15, 0.2) is 0 Å². The predicted octanol–water partition coefficient (Wildman–Crippen LogP) is 3.33. The van der Waals surface area contributed by atoms with Crippen molar-refractivity contribution in [1.82, 2.24) is 4.57 Å². The van der Waals surface area contributed by atoms with Crippen LogP contribution in [0.2, 0.25) is 0 Å². The highest BCUT2D eigenvalue weighted by atomic mass is 15.1. The van der Waals surface area contributed by atoms with E-state index in [4.69, 9.17) is 0 Å². The van der Waals surface area contributed by atoms with Gasteiger partial charge in [0.05, 0.1) is 13.1 Å². The third kappa shape index (κ3) is 3.66. The third-order valence-corrected chi connectivity index (χ3v) is 3.19. The lowest BCUT2D eigenvalue weighted by Crippen LogP contribution is -2.37. The van der Waals surface area contributed by atoms with Crippen LogP contribution >= 0.6 is 0 Å². The molecule has 0 radical (unpaired) electrons. The van der Waals surface area contributed by atoms with Crippen LogP contribution in [0.5, 0.6) is 0 Å². The summed E-state index contributed by atoms with van der Waals surface area (Å²) in [5.41, 5.74) is 0. The van der Waals surface area contributed by atoms with Crippen molar-refractivity contribution in [2.45, 2.75) is 72.4 Å². The maximum atomic E-state index is 2.45. The number of unbranched alkanes of at least 4 members (excludes halogenated alkanes) is 3. The summed E-state index contributed by atoms with van der Waals surface area (Å²) in [6.07, 6.45) is 12.3. The summed E-state index contributed by atoms with van der Waals surface area (Å²) in [5.74, 6) is 1.51. The third-order valence-electron chi connectivity index (χ3n) is 3.19. The molecule has 0 amide bonds. The van der Waals surface area contributed by atoms with Gasteiger partial charge in [-0.05, 0) is 26.2 Å². The van der Waals surface area contributed by atoms with Gasteiger partial charge in [0, 0.05) is 6.42 Å². The molecule has 0 saturated heterocycles. The molecule has 0 N–H and O–H groups in total. The molecular formula is C14H27N2+. The Morgan fingerprint density at radius 2 is 1.81 bits per heavy atom. The van der Waals surface area contributed by atoms with Crippen molar-refractivity contribution in [3.8, 4) is 0 Å². The molecule has 2 nitrogen and oxygen atoms in total. The quantitative estimate of drug-likeness (QED) is 0.472. The first kappa shape index (κ1) is 13.3. The first-order chi connectivity index (χ1) is 7.83. The second kappa shape index (κ2) is 7.48. The molecule has 1 heterocycles. The summed E-state index contributed by atoms with van der Waals surface area (Å²) < 4.78 is 4.84.